The van der Waals surface area contributed by atoms with Crippen LogP contribution in [0.5, 0.6) is 0 Å². The summed E-state index contributed by atoms with van der Waals surface area (Å²) in [7, 11) is 0. The van der Waals surface area contributed by atoms with Crippen LogP contribution in [0.4, 0.5) is 0 Å². The van der Waals surface area contributed by atoms with E-state index in [0.29, 0.717) is 0 Å². The minimum atomic E-state index is -0.504. The molecule has 1 aromatic rings. The van der Waals surface area contributed by atoms with Crippen LogP contribution in [0.2, 0.25) is 0 Å². The van der Waals surface area contributed by atoms with Crippen LogP contribution in [0, 0.1) is 0 Å². The number of aliphatic hydroxyl groups is 1. The predicted octanol–water partition coefficient (Wildman–Crippen LogP) is 2.78. The second-order valence-corrected chi connectivity index (χ2v) is 3.84. The van der Waals surface area contributed by atoms with Crippen LogP contribution in [-0.4, -0.2) is 10.7 Å². The van der Waals surface area contributed by atoms with Gasteiger partial charge in [0.05, 0.1) is 5.60 Å². The Bertz CT molecular complexity index is 239. The molecule has 0 aliphatic rings. The van der Waals surface area contributed by atoms with Crippen molar-refractivity contribution in [2.24, 2.45) is 0 Å². The SMILES string of the molecule is CC[C@](C)(O)CCc1ccccc1. The molecule has 1 N–H and O–H groups in total. The first-order chi connectivity index (χ1) is 6.14. The van der Waals surface area contributed by atoms with E-state index in [1.165, 1.54) is 5.56 Å². The van der Waals surface area contributed by atoms with Crippen LogP contribution < -0.4 is 0 Å². The summed E-state index contributed by atoms with van der Waals surface area (Å²) >= 11 is 0. The van der Waals surface area contributed by atoms with Crippen molar-refractivity contribution in [3.05, 3.63) is 35.9 Å². The monoisotopic (exact) mass is 178 g/mol. The van der Waals surface area contributed by atoms with Crippen molar-refractivity contribution < 1.29 is 5.11 Å². The molecular formula is C12H18O. The van der Waals surface area contributed by atoms with Gasteiger partial charge in [-0.1, -0.05) is 37.3 Å². The van der Waals surface area contributed by atoms with E-state index in [9.17, 15) is 5.11 Å². The maximum atomic E-state index is 9.78. The molecule has 0 amide bonds. The number of benzene rings is 1. The number of hydrogen-bond acceptors (Lipinski definition) is 1. The van der Waals surface area contributed by atoms with Gasteiger partial charge in [-0.2, -0.15) is 0 Å². The van der Waals surface area contributed by atoms with Gasteiger partial charge in [0.15, 0.2) is 0 Å². The van der Waals surface area contributed by atoms with Gasteiger partial charge < -0.3 is 5.11 Å². The van der Waals surface area contributed by atoms with E-state index < -0.39 is 5.60 Å². The normalized spacial score (nSPS) is 15.3. The van der Waals surface area contributed by atoms with Crippen molar-refractivity contribution in [1.82, 2.24) is 0 Å². The molecule has 1 heteroatoms. The Morgan fingerprint density at radius 2 is 1.85 bits per heavy atom. The van der Waals surface area contributed by atoms with E-state index in [2.05, 4.69) is 12.1 Å². The summed E-state index contributed by atoms with van der Waals surface area (Å²) in [6, 6.07) is 10.3. The Morgan fingerprint density at radius 3 is 2.38 bits per heavy atom. The molecule has 1 aromatic carbocycles. The van der Waals surface area contributed by atoms with E-state index in [1.54, 1.807) is 0 Å². The molecule has 0 unspecified atom stereocenters. The smallest absolute Gasteiger partial charge is 0.0620 e. The van der Waals surface area contributed by atoms with Gasteiger partial charge in [-0.05, 0) is 31.7 Å². The number of aryl methyl sites for hydroxylation is 1. The Morgan fingerprint density at radius 1 is 1.23 bits per heavy atom. The Kier molecular flexibility index (Phi) is 3.49. The van der Waals surface area contributed by atoms with Crippen LogP contribution in [0.25, 0.3) is 0 Å². The van der Waals surface area contributed by atoms with Crippen molar-refractivity contribution in [3.8, 4) is 0 Å². The fourth-order valence-electron chi connectivity index (χ4n) is 1.24. The van der Waals surface area contributed by atoms with Crippen LogP contribution in [0.3, 0.4) is 0 Å². The van der Waals surface area contributed by atoms with Crippen molar-refractivity contribution in [2.75, 3.05) is 0 Å². The molecule has 0 fully saturated rings. The summed E-state index contributed by atoms with van der Waals surface area (Å²) < 4.78 is 0. The van der Waals surface area contributed by atoms with Crippen molar-refractivity contribution >= 4 is 0 Å². The van der Waals surface area contributed by atoms with Crippen LogP contribution >= 0.6 is 0 Å². The summed E-state index contributed by atoms with van der Waals surface area (Å²) in [5.74, 6) is 0. The molecule has 0 aromatic heterocycles. The quantitative estimate of drug-likeness (QED) is 0.751. The van der Waals surface area contributed by atoms with E-state index >= 15 is 0 Å². The predicted molar refractivity (Wildman–Crippen MR) is 55.7 cm³/mol. The fraction of sp³-hybridized carbons (Fsp3) is 0.500. The molecule has 0 radical (unpaired) electrons. The average molecular weight is 178 g/mol. The van der Waals surface area contributed by atoms with Gasteiger partial charge in [-0.15, -0.1) is 0 Å². The lowest BCUT2D eigenvalue weighted by Crippen LogP contribution is -2.23. The van der Waals surface area contributed by atoms with Gasteiger partial charge >= 0.3 is 0 Å². The molecule has 0 aliphatic carbocycles. The highest BCUT2D eigenvalue weighted by molar-refractivity contribution is 5.14. The molecule has 0 saturated heterocycles. The minimum Gasteiger partial charge on any atom is -0.390 e. The Labute approximate surface area is 80.4 Å². The van der Waals surface area contributed by atoms with Crippen LogP contribution in [-0.2, 0) is 6.42 Å². The second kappa shape index (κ2) is 4.43. The molecule has 0 aliphatic heterocycles. The maximum absolute atomic E-state index is 9.78. The standard InChI is InChI=1S/C12H18O/c1-3-12(2,13)10-9-11-7-5-4-6-8-11/h4-8,13H,3,9-10H2,1-2H3/t12-/m0/s1. The van der Waals surface area contributed by atoms with Gasteiger partial charge in [-0.3, -0.25) is 0 Å². The topological polar surface area (TPSA) is 20.2 Å². The molecular weight excluding hydrogens is 160 g/mol. The summed E-state index contributed by atoms with van der Waals surface area (Å²) in [6.07, 6.45) is 2.62. The number of hydrogen-bond donors (Lipinski definition) is 1. The zero-order valence-electron chi connectivity index (χ0n) is 8.46. The number of rotatable bonds is 4. The van der Waals surface area contributed by atoms with Gasteiger partial charge in [0.25, 0.3) is 0 Å². The van der Waals surface area contributed by atoms with Gasteiger partial charge in [0, 0.05) is 0 Å². The van der Waals surface area contributed by atoms with Crippen molar-refractivity contribution in [1.29, 1.82) is 0 Å². The van der Waals surface area contributed by atoms with E-state index in [0.717, 1.165) is 19.3 Å². The molecule has 0 saturated carbocycles. The van der Waals surface area contributed by atoms with Crippen molar-refractivity contribution in [3.63, 3.8) is 0 Å². The first-order valence-corrected chi connectivity index (χ1v) is 4.90. The summed E-state index contributed by atoms with van der Waals surface area (Å²) in [5, 5.41) is 9.78. The average Bonchev–Trinajstić information content (AvgIpc) is 2.17. The maximum Gasteiger partial charge on any atom is 0.0620 e. The molecule has 0 spiro atoms. The first kappa shape index (κ1) is 10.3. The van der Waals surface area contributed by atoms with Gasteiger partial charge in [0.1, 0.15) is 0 Å². The molecule has 13 heavy (non-hydrogen) atoms. The van der Waals surface area contributed by atoms with Gasteiger partial charge in [-0.25, -0.2) is 0 Å². The fourth-order valence-corrected chi connectivity index (χ4v) is 1.24. The lowest BCUT2D eigenvalue weighted by atomic mass is 9.95. The van der Waals surface area contributed by atoms with Crippen molar-refractivity contribution in [2.45, 2.75) is 38.7 Å². The zero-order valence-corrected chi connectivity index (χ0v) is 8.46. The first-order valence-electron chi connectivity index (χ1n) is 4.90. The summed E-state index contributed by atoms with van der Waals surface area (Å²) in [6.45, 7) is 3.92. The van der Waals surface area contributed by atoms with E-state index in [-0.39, 0.29) is 0 Å². The Hall–Kier alpha value is -0.820. The third-order valence-corrected chi connectivity index (χ3v) is 2.56. The molecule has 72 valence electrons. The van der Waals surface area contributed by atoms with Crippen LogP contribution in [0.1, 0.15) is 32.3 Å². The molecule has 0 heterocycles. The van der Waals surface area contributed by atoms with E-state index in [1.807, 2.05) is 32.0 Å². The lowest BCUT2D eigenvalue weighted by Gasteiger charge is -2.20. The summed E-state index contributed by atoms with van der Waals surface area (Å²) in [5.41, 5.74) is 0.798. The third-order valence-electron chi connectivity index (χ3n) is 2.56. The van der Waals surface area contributed by atoms with E-state index in [4.69, 9.17) is 0 Å². The van der Waals surface area contributed by atoms with Crippen LogP contribution in [0.15, 0.2) is 30.3 Å². The molecule has 0 bridgehead atoms. The van der Waals surface area contributed by atoms with Gasteiger partial charge in [0.2, 0.25) is 0 Å². The lowest BCUT2D eigenvalue weighted by molar-refractivity contribution is 0.0473. The molecule has 1 nitrogen and oxygen atoms in total. The molecule has 1 rings (SSSR count). The second-order valence-electron chi connectivity index (χ2n) is 3.84. The molecule has 1 atom stereocenters. The highest BCUT2D eigenvalue weighted by Gasteiger charge is 2.16. The Balaban J connectivity index is 2.44. The zero-order chi connectivity index (χ0) is 9.73. The minimum absolute atomic E-state index is 0.504. The summed E-state index contributed by atoms with van der Waals surface area (Å²) in [4.78, 5) is 0. The third kappa shape index (κ3) is 3.60. The largest absolute Gasteiger partial charge is 0.390 e. The highest BCUT2D eigenvalue weighted by atomic mass is 16.3. The highest BCUT2D eigenvalue weighted by Crippen LogP contribution is 2.16.